The number of fused-ring (bicyclic) bond motifs is 1. The third-order valence-corrected chi connectivity index (χ3v) is 5.21. The molecule has 0 N–H and O–H groups in total. The zero-order chi connectivity index (χ0) is 19.0. The quantitative estimate of drug-likeness (QED) is 0.524. The molecular formula is C22H18Cl2N2O. The highest BCUT2D eigenvalue weighted by Crippen LogP contribution is 2.27. The predicted octanol–water partition coefficient (Wildman–Crippen LogP) is 5.95. The molecule has 2 aromatic carbocycles. The Balaban J connectivity index is 1.76. The van der Waals surface area contributed by atoms with E-state index in [4.69, 9.17) is 23.2 Å². The molecule has 0 saturated carbocycles. The minimum absolute atomic E-state index is 0.0107. The highest BCUT2D eigenvalue weighted by molar-refractivity contribution is 6.31. The number of unbranched alkanes of at least 4 members (excludes halogenated alkanes) is 1. The van der Waals surface area contributed by atoms with Crippen LogP contribution in [0.25, 0.3) is 16.6 Å². The number of hydrogen-bond acceptors (Lipinski definition) is 2. The molecular weight excluding hydrogens is 379 g/mol. The zero-order valence-electron chi connectivity index (χ0n) is 14.9. The molecule has 0 amide bonds. The van der Waals surface area contributed by atoms with Gasteiger partial charge in [-0.3, -0.25) is 4.79 Å². The summed E-state index contributed by atoms with van der Waals surface area (Å²) in [4.78, 5) is 17.7. The summed E-state index contributed by atoms with van der Waals surface area (Å²) in [6.07, 6.45) is 3.91. The molecule has 5 heteroatoms. The van der Waals surface area contributed by atoms with Crippen molar-refractivity contribution in [1.82, 2.24) is 4.57 Å². The lowest BCUT2D eigenvalue weighted by atomic mass is 10.0. The molecule has 0 unspecified atom stereocenters. The van der Waals surface area contributed by atoms with Gasteiger partial charge in [0.15, 0.2) is 0 Å². The molecule has 0 atom stereocenters. The van der Waals surface area contributed by atoms with Crippen molar-refractivity contribution in [3.05, 3.63) is 86.1 Å². The Morgan fingerprint density at radius 2 is 1.70 bits per heavy atom. The van der Waals surface area contributed by atoms with Gasteiger partial charge < -0.3 is 4.57 Å². The van der Waals surface area contributed by atoms with Crippen LogP contribution in [0.1, 0.15) is 30.9 Å². The molecule has 1 aliphatic heterocycles. The molecule has 0 radical (unpaired) electrons. The smallest absolute Gasteiger partial charge is 0.260 e. The van der Waals surface area contributed by atoms with Crippen molar-refractivity contribution < 1.29 is 0 Å². The van der Waals surface area contributed by atoms with Crippen LogP contribution < -0.4 is 5.56 Å². The van der Waals surface area contributed by atoms with Crippen molar-refractivity contribution in [2.75, 3.05) is 0 Å². The monoisotopic (exact) mass is 396 g/mol. The van der Waals surface area contributed by atoms with E-state index in [2.05, 4.69) is 11.9 Å². The van der Waals surface area contributed by atoms with Gasteiger partial charge in [0.2, 0.25) is 0 Å². The van der Waals surface area contributed by atoms with Gasteiger partial charge in [-0.1, -0.05) is 48.7 Å². The summed E-state index contributed by atoms with van der Waals surface area (Å²) >= 11 is 12.1. The van der Waals surface area contributed by atoms with Crippen LogP contribution in [-0.2, 0) is 6.54 Å². The fourth-order valence-electron chi connectivity index (χ4n) is 3.24. The SMILES string of the molecule is CCCCn1c(=O)c(C2=NC(c3ccc(Cl)cc3)=C2)cc2cc(Cl)ccc21. The molecule has 136 valence electrons. The molecule has 2 heterocycles. The van der Waals surface area contributed by atoms with Crippen LogP contribution in [0.5, 0.6) is 0 Å². The van der Waals surface area contributed by atoms with Gasteiger partial charge in [-0.25, -0.2) is 4.99 Å². The second-order valence-corrected chi connectivity index (χ2v) is 7.48. The Morgan fingerprint density at radius 3 is 2.41 bits per heavy atom. The van der Waals surface area contributed by atoms with Crippen molar-refractivity contribution in [2.45, 2.75) is 26.3 Å². The maximum Gasteiger partial charge on any atom is 0.260 e. The maximum atomic E-state index is 13.1. The lowest BCUT2D eigenvalue weighted by Crippen LogP contribution is -2.28. The van der Waals surface area contributed by atoms with Crippen LogP contribution in [0.2, 0.25) is 10.0 Å². The fourth-order valence-corrected chi connectivity index (χ4v) is 3.55. The molecule has 0 fully saturated rings. The van der Waals surface area contributed by atoms with Gasteiger partial charge in [-0.05, 0) is 48.9 Å². The third kappa shape index (κ3) is 3.45. The minimum Gasteiger partial charge on any atom is -0.308 e. The molecule has 0 aliphatic carbocycles. The first kappa shape index (κ1) is 18.0. The average Bonchev–Trinajstić information content (AvgIpc) is 2.62. The molecule has 1 aromatic heterocycles. The normalized spacial score (nSPS) is 13.3. The number of aromatic nitrogens is 1. The molecule has 0 saturated heterocycles. The summed E-state index contributed by atoms with van der Waals surface area (Å²) in [5, 5.41) is 2.29. The first-order valence-corrected chi connectivity index (χ1v) is 9.72. The Hall–Kier alpha value is -2.36. The molecule has 3 aromatic rings. The number of allylic oxidation sites excluding steroid dienone is 1. The van der Waals surface area contributed by atoms with E-state index in [9.17, 15) is 4.79 Å². The molecule has 1 aliphatic rings. The van der Waals surface area contributed by atoms with E-state index in [0.29, 0.717) is 27.9 Å². The predicted molar refractivity (Wildman–Crippen MR) is 114 cm³/mol. The van der Waals surface area contributed by atoms with Crippen LogP contribution in [-0.4, -0.2) is 10.3 Å². The van der Waals surface area contributed by atoms with Gasteiger partial charge in [0.25, 0.3) is 5.56 Å². The number of nitrogens with zero attached hydrogens (tertiary/aromatic N) is 2. The van der Waals surface area contributed by atoms with Crippen LogP contribution >= 0.6 is 23.2 Å². The highest BCUT2D eigenvalue weighted by atomic mass is 35.5. The summed E-state index contributed by atoms with van der Waals surface area (Å²) in [6, 6.07) is 15.0. The molecule has 4 rings (SSSR count). The van der Waals surface area contributed by atoms with E-state index in [1.807, 2.05) is 59.2 Å². The summed E-state index contributed by atoms with van der Waals surface area (Å²) in [6.45, 7) is 2.80. The average molecular weight is 397 g/mol. The molecule has 27 heavy (non-hydrogen) atoms. The Bertz CT molecular complexity index is 1140. The number of aryl methyl sites for hydroxylation is 1. The lowest BCUT2D eigenvalue weighted by molar-refractivity contribution is 0.631. The van der Waals surface area contributed by atoms with Crippen molar-refractivity contribution >= 4 is 45.5 Å². The second kappa shape index (κ2) is 7.34. The molecule has 3 nitrogen and oxygen atoms in total. The number of aliphatic imine (C=N–C) groups is 1. The number of rotatable bonds is 5. The molecule has 0 spiro atoms. The van der Waals surface area contributed by atoms with E-state index in [1.165, 1.54) is 0 Å². The van der Waals surface area contributed by atoms with Crippen molar-refractivity contribution in [3.63, 3.8) is 0 Å². The summed E-state index contributed by atoms with van der Waals surface area (Å²) in [5.41, 5.74) is 4.05. The first-order chi connectivity index (χ1) is 13.1. The number of pyridine rings is 1. The van der Waals surface area contributed by atoms with Crippen LogP contribution in [0.4, 0.5) is 0 Å². The summed E-state index contributed by atoms with van der Waals surface area (Å²) in [7, 11) is 0. The molecule has 0 bridgehead atoms. The standard InChI is InChI=1S/C22H18Cl2N2O/c1-2-3-10-26-21-9-8-17(24)11-15(21)12-18(22(26)27)20-13-19(25-20)14-4-6-16(23)7-5-14/h4-9,11-13H,2-3,10H2,1H3. The van der Waals surface area contributed by atoms with Crippen LogP contribution in [0, 0.1) is 0 Å². The van der Waals surface area contributed by atoms with E-state index < -0.39 is 0 Å². The summed E-state index contributed by atoms with van der Waals surface area (Å²) in [5.74, 6) is 0. The number of benzene rings is 2. The third-order valence-electron chi connectivity index (χ3n) is 4.72. The van der Waals surface area contributed by atoms with Crippen molar-refractivity contribution in [3.8, 4) is 0 Å². The van der Waals surface area contributed by atoms with Gasteiger partial charge in [0.05, 0.1) is 22.5 Å². The lowest BCUT2D eigenvalue weighted by Gasteiger charge is -2.17. The number of hydrogen-bond donors (Lipinski definition) is 0. The van der Waals surface area contributed by atoms with Gasteiger partial charge in [0, 0.05) is 27.5 Å². The van der Waals surface area contributed by atoms with E-state index >= 15 is 0 Å². The fraction of sp³-hybridized carbons (Fsp3) is 0.182. The van der Waals surface area contributed by atoms with E-state index in [1.54, 1.807) is 0 Å². The topological polar surface area (TPSA) is 34.4 Å². The van der Waals surface area contributed by atoms with E-state index in [0.717, 1.165) is 35.0 Å². The Kier molecular flexibility index (Phi) is 4.90. The Labute approximate surface area is 167 Å². The van der Waals surface area contributed by atoms with Crippen LogP contribution in [0.15, 0.2) is 64.4 Å². The first-order valence-electron chi connectivity index (χ1n) is 8.96. The maximum absolute atomic E-state index is 13.1. The zero-order valence-corrected chi connectivity index (χ0v) is 16.4. The van der Waals surface area contributed by atoms with Crippen LogP contribution in [0.3, 0.4) is 0 Å². The van der Waals surface area contributed by atoms with Crippen molar-refractivity contribution in [1.29, 1.82) is 0 Å². The highest BCUT2D eigenvalue weighted by Gasteiger charge is 2.19. The largest absolute Gasteiger partial charge is 0.308 e. The van der Waals surface area contributed by atoms with Gasteiger partial charge in [-0.15, -0.1) is 0 Å². The van der Waals surface area contributed by atoms with E-state index in [-0.39, 0.29) is 5.56 Å². The minimum atomic E-state index is -0.0107. The van der Waals surface area contributed by atoms with Crippen molar-refractivity contribution in [2.24, 2.45) is 4.99 Å². The summed E-state index contributed by atoms with van der Waals surface area (Å²) < 4.78 is 1.83. The number of halogens is 2. The van der Waals surface area contributed by atoms with Gasteiger partial charge >= 0.3 is 0 Å². The Morgan fingerprint density at radius 1 is 1.00 bits per heavy atom. The van der Waals surface area contributed by atoms with Gasteiger partial charge in [-0.2, -0.15) is 0 Å². The van der Waals surface area contributed by atoms with Gasteiger partial charge in [0.1, 0.15) is 0 Å². The second-order valence-electron chi connectivity index (χ2n) is 6.61.